The number of rotatable bonds is 6. The predicted octanol–water partition coefficient (Wildman–Crippen LogP) is 2.96. The fourth-order valence-corrected chi connectivity index (χ4v) is 5.02. The minimum absolute atomic E-state index is 0.0476. The van der Waals surface area contributed by atoms with Crippen LogP contribution >= 0.6 is 0 Å². The van der Waals surface area contributed by atoms with E-state index in [0.717, 1.165) is 24.5 Å². The third kappa shape index (κ3) is 2.93. The Morgan fingerprint density at radius 3 is 2.76 bits per heavy atom. The van der Waals surface area contributed by atoms with Crippen LogP contribution in [0.3, 0.4) is 0 Å². The van der Waals surface area contributed by atoms with Crippen molar-refractivity contribution in [3.8, 4) is 5.75 Å². The third-order valence-electron chi connectivity index (χ3n) is 6.37. The Balaban J connectivity index is 1.29. The summed E-state index contributed by atoms with van der Waals surface area (Å²) in [4.78, 5) is 12.3. The summed E-state index contributed by atoms with van der Waals surface area (Å²) in [6.45, 7) is 3.02. The highest BCUT2D eigenvalue weighted by Crippen LogP contribution is 2.62. The summed E-state index contributed by atoms with van der Waals surface area (Å²) in [5, 5.41) is 6.72. The molecule has 2 saturated carbocycles. The molecule has 1 aromatic rings. The average Bonchev–Trinajstić information content (AvgIpc) is 2.97. The molecule has 3 aliphatic rings. The van der Waals surface area contributed by atoms with Crippen molar-refractivity contribution in [2.75, 3.05) is 19.0 Å². The van der Waals surface area contributed by atoms with E-state index in [4.69, 9.17) is 9.47 Å². The van der Waals surface area contributed by atoms with Crippen molar-refractivity contribution in [1.29, 1.82) is 0 Å². The van der Waals surface area contributed by atoms with Gasteiger partial charge in [0.15, 0.2) is 0 Å². The number of fused-ring (bicyclic) bond motifs is 2. The van der Waals surface area contributed by atoms with Crippen molar-refractivity contribution >= 4 is 11.6 Å². The summed E-state index contributed by atoms with van der Waals surface area (Å²) in [6.07, 6.45) is 5.98. The molecule has 5 heteroatoms. The first-order valence-electron chi connectivity index (χ1n) is 9.44. The summed E-state index contributed by atoms with van der Waals surface area (Å²) in [5.41, 5.74) is 1.17. The predicted molar refractivity (Wildman–Crippen MR) is 96.8 cm³/mol. The highest BCUT2D eigenvalue weighted by molar-refractivity contribution is 5.91. The number of amides is 1. The number of methoxy groups -OCH3 is 1. The van der Waals surface area contributed by atoms with Crippen molar-refractivity contribution in [3.63, 3.8) is 0 Å². The molecule has 1 spiro atoms. The molecule has 1 aliphatic heterocycles. The summed E-state index contributed by atoms with van der Waals surface area (Å²) in [5.74, 6) is 1.48. The van der Waals surface area contributed by atoms with Gasteiger partial charge in [-0.1, -0.05) is 6.42 Å². The van der Waals surface area contributed by atoms with E-state index in [9.17, 15) is 4.79 Å². The lowest BCUT2D eigenvalue weighted by atomic mass is 9.46. The van der Waals surface area contributed by atoms with Gasteiger partial charge >= 0.3 is 0 Å². The van der Waals surface area contributed by atoms with E-state index in [2.05, 4.69) is 17.6 Å². The van der Waals surface area contributed by atoms with Crippen LogP contribution in [0.25, 0.3) is 0 Å². The first-order valence-corrected chi connectivity index (χ1v) is 9.44. The molecule has 4 rings (SSSR count). The lowest BCUT2D eigenvalue weighted by Crippen LogP contribution is -2.72. The first-order chi connectivity index (χ1) is 12.1. The number of hydrogen-bond acceptors (Lipinski definition) is 4. The van der Waals surface area contributed by atoms with Crippen molar-refractivity contribution in [3.05, 3.63) is 24.3 Å². The maximum Gasteiger partial charge on any atom is 0.225 e. The minimum atomic E-state index is 0.0476. The number of hydrogen-bond donors (Lipinski definition) is 2. The van der Waals surface area contributed by atoms with Crippen LogP contribution in [0.4, 0.5) is 5.69 Å². The van der Waals surface area contributed by atoms with E-state index in [0.29, 0.717) is 29.9 Å². The molecule has 0 aromatic heterocycles. The van der Waals surface area contributed by atoms with Gasteiger partial charge in [-0.25, -0.2) is 0 Å². The van der Waals surface area contributed by atoms with Gasteiger partial charge < -0.3 is 20.1 Å². The number of anilines is 1. The van der Waals surface area contributed by atoms with Crippen LogP contribution in [0.5, 0.6) is 5.75 Å². The second-order valence-corrected chi connectivity index (χ2v) is 7.86. The Bertz CT molecular complexity index is 626. The maximum atomic E-state index is 12.3. The van der Waals surface area contributed by atoms with E-state index < -0.39 is 0 Å². The molecule has 0 bridgehead atoms. The molecule has 25 heavy (non-hydrogen) atoms. The van der Waals surface area contributed by atoms with Crippen LogP contribution in [0.1, 0.15) is 39.0 Å². The SMILES string of the molecule is COc1ccc(NC(=O)C[C@H](C)N[C@@H]2[C@H]3CCO[C@H]3C23CCC3)cc1. The van der Waals surface area contributed by atoms with Crippen molar-refractivity contribution in [2.45, 2.75) is 57.2 Å². The standard InChI is InChI=1S/C20H28N2O3/c1-13(12-17(23)22-14-4-6-15(24-2)7-5-14)21-18-16-8-11-25-19(16)20(18)9-3-10-20/h4-7,13,16,18-19,21H,3,8-12H2,1-2H3,(H,22,23)/t13-,16+,18+,19+/m0/s1. The fourth-order valence-electron chi connectivity index (χ4n) is 5.02. The van der Waals surface area contributed by atoms with Gasteiger partial charge in [-0.15, -0.1) is 0 Å². The number of nitrogens with one attached hydrogen (secondary N) is 2. The molecule has 1 aromatic carbocycles. The number of carbonyl (C=O) groups excluding carboxylic acids is 1. The Hall–Kier alpha value is -1.59. The molecule has 2 aliphatic carbocycles. The van der Waals surface area contributed by atoms with E-state index in [-0.39, 0.29) is 11.9 Å². The van der Waals surface area contributed by atoms with Crippen LogP contribution in [0, 0.1) is 11.3 Å². The Morgan fingerprint density at radius 2 is 2.12 bits per heavy atom. The van der Waals surface area contributed by atoms with Crippen molar-refractivity contribution < 1.29 is 14.3 Å². The fraction of sp³-hybridized carbons (Fsp3) is 0.650. The number of carbonyl (C=O) groups is 1. The maximum absolute atomic E-state index is 12.3. The molecule has 0 radical (unpaired) electrons. The Labute approximate surface area is 149 Å². The van der Waals surface area contributed by atoms with Gasteiger partial charge in [-0.2, -0.15) is 0 Å². The van der Waals surface area contributed by atoms with E-state index in [1.807, 2.05) is 24.3 Å². The Kier molecular flexibility index (Phi) is 4.46. The molecule has 5 nitrogen and oxygen atoms in total. The lowest BCUT2D eigenvalue weighted by Gasteiger charge is -2.64. The van der Waals surface area contributed by atoms with Crippen molar-refractivity contribution in [2.24, 2.45) is 11.3 Å². The minimum Gasteiger partial charge on any atom is -0.497 e. The second kappa shape index (κ2) is 6.61. The van der Waals surface area contributed by atoms with Gasteiger partial charge in [0.1, 0.15) is 5.75 Å². The van der Waals surface area contributed by atoms with Crippen LogP contribution < -0.4 is 15.4 Å². The highest BCUT2D eigenvalue weighted by Gasteiger charge is 2.66. The smallest absolute Gasteiger partial charge is 0.225 e. The molecule has 0 unspecified atom stereocenters. The number of ether oxygens (including phenoxy) is 2. The summed E-state index contributed by atoms with van der Waals surface area (Å²) >= 11 is 0. The van der Waals surface area contributed by atoms with Gasteiger partial charge in [-0.05, 0) is 50.5 Å². The summed E-state index contributed by atoms with van der Waals surface area (Å²) in [6, 6.07) is 8.13. The second-order valence-electron chi connectivity index (χ2n) is 7.86. The molecule has 4 atom stereocenters. The van der Waals surface area contributed by atoms with E-state index in [1.165, 1.54) is 19.3 Å². The average molecular weight is 344 g/mol. The molecular weight excluding hydrogens is 316 g/mol. The molecule has 2 N–H and O–H groups in total. The molecule has 1 saturated heterocycles. The zero-order valence-corrected chi connectivity index (χ0v) is 15.1. The molecule has 3 fully saturated rings. The van der Waals surface area contributed by atoms with Crippen LogP contribution in [-0.2, 0) is 9.53 Å². The van der Waals surface area contributed by atoms with Crippen molar-refractivity contribution in [1.82, 2.24) is 5.32 Å². The molecule has 136 valence electrons. The normalized spacial score (nSPS) is 30.1. The summed E-state index contributed by atoms with van der Waals surface area (Å²) in [7, 11) is 1.64. The topological polar surface area (TPSA) is 59.6 Å². The van der Waals surface area contributed by atoms with Crippen LogP contribution in [-0.4, -0.2) is 37.8 Å². The van der Waals surface area contributed by atoms with Gasteiger partial charge in [0.05, 0.1) is 13.2 Å². The van der Waals surface area contributed by atoms with Crippen LogP contribution in [0.2, 0.25) is 0 Å². The van der Waals surface area contributed by atoms with Gasteiger partial charge in [-0.3, -0.25) is 4.79 Å². The molecule has 1 amide bonds. The zero-order chi connectivity index (χ0) is 17.4. The van der Waals surface area contributed by atoms with E-state index in [1.54, 1.807) is 7.11 Å². The highest BCUT2D eigenvalue weighted by atomic mass is 16.5. The van der Waals surface area contributed by atoms with Gasteiger partial charge in [0.2, 0.25) is 5.91 Å². The third-order valence-corrected chi connectivity index (χ3v) is 6.37. The molecule has 1 heterocycles. The summed E-state index contributed by atoms with van der Waals surface area (Å²) < 4.78 is 11.1. The zero-order valence-electron chi connectivity index (χ0n) is 15.1. The largest absolute Gasteiger partial charge is 0.497 e. The van der Waals surface area contributed by atoms with Crippen LogP contribution in [0.15, 0.2) is 24.3 Å². The first kappa shape index (κ1) is 16.9. The van der Waals surface area contributed by atoms with Gasteiger partial charge in [0.25, 0.3) is 0 Å². The van der Waals surface area contributed by atoms with Gasteiger partial charge in [0, 0.05) is 42.1 Å². The van der Waals surface area contributed by atoms with E-state index >= 15 is 0 Å². The Morgan fingerprint density at radius 1 is 1.36 bits per heavy atom. The lowest BCUT2D eigenvalue weighted by molar-refractivity contribution is -0.178. The quantitative estimate of drug-likeness (QED) is 0.833. The number of benzene rings is 1. The monoisotopic (exact) mass is 344 g/mol. The molecular formula is C20H28N2O3.